The number of hydrogen-bond donors (Lipinski definition) is 1. The molecule has 1 saturated heterocycles. The van der Waals surface area contributed by atoms with Crippen molar-refractivity contribution in [2.24, 2.45) is 0 Å². The number of likely N-dealkylation sites (N-methyl/N-ethyl adjacent to an activating group) is 1. The van der Waals surface area contributed by atoms with Gasteiger partial charge in [0.2, 0.25) is 0 Å². The maximum atomic E-state index is 10.7. The maximum absolute atomic E-state index is 10.7. The standard InChI is InChI=1S/C12H15N5O2/c1-15-4-6-16(7-5-15)14-11-2-3-12(17(18)19)10(8-11)9-13/h2-3,8,14H,4-7H2,1H3. The van der Waals surface area contributed by atoms with Crippen molar-refractivity contribution >= 4 is 11.4 Å². The molecule has 2 rings (SSSR count). The van der Waals surface area contributed by atoms with Crippen molar-refractivity contribution in [1.82, 2.24) is 9.91 Å². The Balaban J connectivity index is 2.09. The summed E-state index contributed by atoms with van der Waals surface area (Å²) >= 11 is 0. The molecule has 1 aliphatic rings. The number of nitrogens with one attached hydrogen (secondary N) is 1. The zero-order chi connectivity index (χ0) is 13.8. The van der Waals surface area contributed by atoms with E-state index in [-0.39, 0.29) is 11.3 Å². The number of benzene rings is 1. The fourth-order valence-electron chi connectivity index (χ4n) is 1.96. The van der Waals surface area contributed by atoms with Gasteiger partial charge in [-0.2, -0.15) is 5.26 Å². The van der Waals surface area contributed by atoms with Crippen LogP contribution in [0, 0.1) is 21.4 Å². The quantitative estimate of drug-likeness (QED) is 0.646. The van der Waals surface area contributed by atoms with Crippen LogP contribution < -0.4 is 5.43 Å². The molecule has 1 aromatic rings. The molecule has 100 valence electrons. The van der Waals surface area contributed by atoms with Gasteiger partial charge >= 0.3 is 0 Å². The molecule has 0 bridgehead atoms. The Morgan fingerprint density at radius 3 is 2.63 bits per heavy atom. The predicted molar refractivity (Wildman–Crippen MR) is 70.5 cm³/mol. The normalized spacial score (nSPS) is 16.8. The van der Waals surface area contributed by atoms with Crippen molar-refractivity contribution in [1.29, 1.82) is 5.26 Å². The summed E-state index contributed by atoms with van der Waals surface area (Å²) in [5, 5.41) is 21.7. The van der Waals surface area contributed by atoms with E-state index in [9.17, 15) is 10.1 Å². The minimum atomic E-state index is -0.543. The van der Waals surface area contributed by atoms with Gasteiger partial charge in [-0.05, 0) is 19.2 Å². The van der Waals surface area contributed by atoms with Crippen LogP contribution in [-0.4, -0.2) is 48.1 Å². The molecule has 1 fully saturated rings. The van der Waals surface area contributed by atoms with Crippen LogP contribution in [0.3, 0.4) is 0 Å². The first-order valence-corrected chi connectivity index (χ1v) is 5.99. The molecule has 1 aliphatic heterocycles. The summed E-state index contributed by atoms with van der Waals surface area (Å²) < 4.78 is 0. The van der Waals surface area contributed by atoms with Crippen molar-refractivity contribution in [3.8, 4) is 6.07 Å². The van der Waals surface area contributed by atoms with Gasteiger partial charge in [0.1, 0.15) is 11.6 Å². The van der Waals surface area contributed by atoms with Crippen LogP contribution in [0.5, 0.6) is 0 Å². The maximum Gasteiger partial charge on any atom is 0.287 e. The molecule has 0 aromatic heterocycles. The number of piperazine rings is 1. The summed E-state index contributed by atoms with van der Waals surface area (Å²) in [5.41, 5.74) is 3.79. The second-order valence-corrected chi connectivity index (χ2v) is 4.50. The predicted octanol–water partition coefficient (Wildman–Crippen LogP) is 1.04. The molecule has 0 aliphatic carbocycles. The minimum Gasteiger partial charge on any atom is -0.319 e. The number of nitro groups is 1. The van der Waals surface area contributed by atoms with E-state index in [0.29, 0.717) is 5.69 Å². The third-order valence-electron chi connectivity index (χ3n) is 3.10. The molecule has 0 atom stereocenters. The molecule has 0 spiro atoms. The van der Waals surface area contributed by atoms with Gasteiger partial charge < -0.3 is 10.3 Å². The molecule has 0 radical (unpaired) electrons. The number of hydrazine groups is 1. The highest BCUT2D eigenvalue weighted by Crippen LogP contribution is 2.22. The van der Waals surface area contributed by atoms with Crippen molar-refractivity contribution in [3.63, 3.8) is 0 Å². The monoisotopic (exact) mass is 261 g/mol. The lowest BCUT2D eigenvalue weighted by Gasteiger charge is -2.33. The summed E-state index contributed by atoms with van der Waals surface area (Å²) in [6, 6.07) is 6.34. The van der Waals surface area contributed by atoms with E-state index < -0.39 is 4.92 Å². The SMILES string of the molecule is CN1CCN(Nc2ccc([N+](=O)[O-])c(C#N)c2)CC1. The Morgan fingerprint density at radius 1 is 1.37 bits per heavy atom. The fraction of sp³-hybridized carbons (Fsp3) is 0.417. The molecule has 0 unspecified atom stereocenters. The Bertz CT molecular complexity index is 517. The highest BCUT2D eigenvalue weighted by molar-refractivity contribution is 5.58. The molecular formula is C12H15N5O2. The third kappa shape index (κ3) is 3.19. The number of nitriles is 1. The summed E-state index contributed by atoms with van der Waals surface area (Å²) in [6.45, 7) is 3.67. The smallest absolute Gasteiger partial charge is 0.287 e. The van der Waals surface area contributed by atoms with Crippen LogP contribution in [0.4, 0.5) is 11.4 Å². The molecule has 1 aromatic carbocycles. The lowest BCUT2D eigenvalue weighted by molar-refractivity contribution is -0.385. The van der Waals surface area contributed by atoms with Gasteiger partial charge in [0.15, 0.2) is 0 Å². The largest absolute Gasteiger partial charge is 0.319 e. The second-order valence-electron chi connectivity index (χ2n) is 4.50. The van der Waals surface area contributed by atoms with Crippen LogP contribution in [0.25, 0.3) is 0 Å². The van der Waals surface area contributed by atoms with Gasteiger partial charge in [0.25, 0.3) is 5.69 Å². The van der Waals surface area contributed by atoms with Gasteiger partial charge in [-0.1, -0.05) is 0 Å². The number of rotatable bonds is 3. The number of nitro benzene ring substituents is 1. The molecular weight excluding hydrogens is 246 g/mol. The third-order valence-corrected chi connectivity index (χ3v) is 3.10. The zero-order valence-electron chi connectivity index (χ0n) is 10.7. The van der Waals surface area contributed by atoms with Crippen LogP contribution in [0.2, 0.25) is 0 Å². The summed E-state index contributed by atoms with van der Waals surface area (Å²) in [4.78, 5) is 12.4. The average Bonchev–Trinajstić information content (AvgIpc) is 2.41. The highest BCUT2D eigenvalue weighted by Gasteiger charge is 2.16. The molecule has 19 heavy (non-hydrogen) atoms. The van der Waals surface area contributed by atoms with Gasteiger partial charge in [0.05, 0.1) is 10.6 Å². The van der Waals surface area contributed by atoms with E-state index in [1.54, 1.807) is 6.07 Å². The van der Waals surface area contributed by atoms with Gasteiger partial charge in [-0.25, -0.2) is 5.01 Å². The molecule has 1 heterocycles. The fourth-order valence-corrected chi connectivity index (χ4v) is 1.96. The van der Waals surface area contributed by atoms with Gasteiger partial charge in [0, 0.05) is 32.2 Å². The zero-order valence-corrected chi connectivity index (χ0v) is 10.7. The lowest BCUT2D eigenvalue weighted by Crippen LogP contribution is -2.46. The summed E-state index contributed by atoms with van der Waals surface area (Å²) in [5.74, 6) is 0. The molecule has 0 amide bonds. The van der Waals surface area contributed by atoms with Crippen LogP contribution >= 0.6 is 0 Å². The summed E-state index contributed by atoms with van der Waals surface area (Å²) in [7, 11) is 2.07. The van der Waals surface area contributed by atoms with E-state index in [1.807, 2.05) is 11.1 Å². The number of nitrogens with zero attached hydrogens (tertiary/aromatic N) is 4. The second kappa shape index (κ2) is 5.65. The van der Waals surface area contributed by atoms with E-state index in [4.69, 9.17) is 5.26 Å². The van der Waals surface area contributed by atoms with E-state index in [1.165, 1.54) is 12.1 Å². The minimum absolute atomic E-state index is 0.0733. The summed E-state index contributed by atoms with van der Waals surface area (Å²) in [6.07, 6.45) is 0. The average molecular weight is 261 g/mol. The van der Waals surface area contributed by atoms with Crippen molar-refractivity contribution in [2.45, 2.75) is 0 Å². The first-order valence-electron chi connectivity index (χ1n) is 5.99. The molecule has 7 nitrogen and oxygen atoms in total. The van der Waals surface area contributed by atoms with E-state index in [2.05, 4.69) is 17.4 Å². The Morgan fingerprint density at radius 2 is 2.05 bits per heavy atom. The topological polar surface area (TPSA) is 85.4 Å². The molecule has 0 saturated carbocycles. The Labute approximate surface area is 111 Å². The first-order chi connectivity index (χ1) is 9.10. The first kappa shape index (κ1) is 13.3. The highest BCUT2D eigenvalue weighted by atomic mass is 16.6. The van der Waals surface area contributed by atoms with Crippen molar-refractivity contribution in [2.75, 3.05) is 38.7 Å². The Hall–Kier alpha value is -2.17. The number of anilines is 1. The van der Waals surface area contributed by atoms with Crippen LogP contribution in [-0.2, 0) is 0 Å². The van der Waals surface area contributed by atoms with Crippen LogP contribution in [0.1, 0.15) is 5.56 Å². The molecule has 7 heteroatoms. The van der Waals surface area contributed by atoms with Crippen molar-refractivity contribution < 1.29 is 4.92 Å². The lowest BCUT2D eigenvalue weighted by atomic mass is 10.2. The van der Waals surface area contributed by atoms with Gasteiger partial charge in [-0.15, -0.1) is 0 Å². The number of hydrogen-bond acceptors (Lipinski definition) is 6. The van der Waals surface area contributed by atoms with Crippen LogP contribution in [0.15, 0.2) is 18.2 Å². The van der Waals surface area contributed by atoms with Gasteiger partial charge in [-0.3, -0.25) is 10.1 Å². The van der Waals surface area contributed by atoms with E-state index in [0.717, 1.165) is 26.2 Å². The van der Waals surface area contributed by atoms with Crippen molar-refractivity contribution in [3.05, 3.63) is 33.9 Å². The van der Waals surface area contributed by atoms with E-state index >= 15 is 0 Å². The Kier molecular flexibility index (Phi) is 3.94. The molecule has 1 N–H and O–H groups in total.